The molecule has 2 atom stereocenters. The molecule has 1 aromatic heterocycles. The van der Waals surface area contributed by atoms with Gasteiger partial charge in [-0.15, -0.1) is 5.10 Å². The quantitative estimate of drug-likeness (QED) is 0.180. The second-order valence-corrected chi connectivity index (χ2v) is 16.9. The monoisotopic (exact) mass is 771 g/mol. The van der Waals surface area contributed by atoms with E-state index in [9.17, 15) is 37.5 Å². The van der Waals surface area contributed by atoms with Gasteiger partial charge in [-0.2, -0.15) is 0 Å². The Labute approximate surface area is 313 Å². The molecular weight excluding hydrogens is 723 g/mol. The van der Waals surface area contributed by atoms with Crippen molar-refractivity contribution in [3.63, 3.8) is 0 Å². The molecule has 1 aromatic carbocycles. The number of amides is 4. The first-order valence-electron chi connectivity index (χ1n) is 18.2. The number of aromatic nitrogens is 3. The highest BCUT2D eigenvalue weighted by molar-refractivity contribution is 7.91. The summed E-state index contributed by atoms with van der Waals surface area (Å²) >= 11 is 0. The van der Waals surface area contributed by atoms with Crippen molar-refractivity contribution in [2.24, 2.45) is 16.6 Å². The van der Waals surface area contributed by atoms with Gasteiger partial charge >= 0.3 is 0 Å². The number of aliphatic imine (C=N–C) groups is 1. The lowest BCUT2D eigenvalue weighted by atomic mass is 9.84. The van der Waals surface area contributed by atoms with Crippen LogP contribution in [-0.4, -0.2) is 119 Å². The van der Waals surface area contributed by atoms with Crippen molar-refractivity contribution in [2.75, 3.05) is 39.2 Å². The number of primary amides is 1. The maximum Gasteiger partial charge on any atom is 0.287 e. The number of Topliss-reactive ketones (excluding diaryl/α,β-unsaturated/α-hetero) is 1. The first-order valence-corrected chi connectivity index (χ1v) is 19.8. The van der Waals surface area contributed by atoms with Crippen LogP contribution in [0.3, 0.4) is 0 Å². The zero-order valence-electron chi connectivity index (χ0n) is 30.9. The van der Waals surface area contributed by atoms with E-state index in [4.69, 9.17) is 15.2 Å². The molecule has 4 amide bonds. The van der Waals surface area contributed by atoms with Crippen LogP contribution in [0.1, 0.15) is 93.7 Å². The second kappa shape index (κ2) is 17.0. The molecule has 0 unspecified atom stereocenters. The first-order chi connectivity index (χ1) is 25.6. The number of ether oxygens (including phenoxy) is 2. The average Bonchev–Trinajstić information content (AvgIpc) is 3.83. The van der Waals surface area contributed by atoms with Crippen LogP contribution in [-0.2, 0) is 44.1 Å². The Morgan fingerprint density at radius 1 is 1.09 bits per heavy atom. The Bertz CT molecular complexity index is 1860. The molecule has 0 bridgehead atoms. The Kier molecular flexibility index (Phi) is 12.8. The van der Waals surface area contributed by atoms with Crippen LogP contribution in [0.4, 0.5) is 0 Å². The van der Waals surface area contributed by atoms with Gasteiger partial charge in [0.15, 0.2) is 9.84 Å². The number of carbonyl (C=O) groups is 5. The van der Waals surface area contributed by atoms with Crippen molar-refractivity contribution in [2.45, 2.75) is 99.8 Å². The minimum Gasteiger partial charge on any atom is -0.384 e. The molecule has 2 aliphatic heterocycles. The lowest BCUT2D eigenvalue weighted by Crippen LogP contribution is -2.63. The number of carbonyl (C=O) groups excluding carboxylic acids is 5. The summed E-state index contributed by atoms with van der Waals surface area (Å²) < 4.78 is 37.1. The fraction of sp³-hybridized carbons (Fsp3) is 0.611. The van der Waals surface area contributed by atoms with Gasteiger partial charge in [-0.3, -0.25) is 24.0 Å². The van der Waals surface area contributed by atoms with E-state index >= 15 is 0 Å². The third-order valence-corrected chi connectivity index (χ3v) is 12.2. The molecule has 3 aliphatic rings. The molecule has 0 spiro atoms. The summed E-state index contributed by atoms with van der Waals surface area (Å²) in [6, 6.07) is 3.40. The highest BCUT2D eigenvalue weighted by Gasteiger charge is 2.49. The van der Waals surface area contributed by atoms with Gasteiger partial charge in [0.05, 0.1) is 35.2 Å². The van der Waals surface area contributed by atoms with E-state index in [1.165, 1.54) is 47.2 Å². The summed E-state index contributed by atoms with van der Waals surface area (Å²) in [4.78, 5) is 73.5. The van der Waals surface area contributed by atoms with Crippen molar-refractivity contribution in [1.29, 1.82) is 0 Å². The number of likely N-dealkylation sites (tertiary alicyclic amines) is 1. The molecule has 294 valence electrons. The number of rotatable bonds is 14. The number of benzene rings is 1. The third-order valence-electron chi connectivity index (χ3n) is 10.5. The predicted molar refractivity (Wildman–Crippen MR) is 193 cm³/mol. The maximum atomic E-state index is 14.7. The summed E-state index contributed by atoms with van der Waals surface area (Å²) in [5.74, 6) is -4.55. The van der Waals surface area contributed by atoms with E-state index in [1.807, 2.05) is 0 Å². The van der Waals surface area contributed by atoms with Crippen LogP contribution in [0.5, 0.6) is 0 Å². The summed E-state index contributed by atoms with van der Waals surface area (Å²) in [6.45, 7) is 3.19. The van der Waals surface area contributed by atoms with Gasteiger partial charge < -0.3 is 30.5 Å². The fourth-order valence-corrected chi connectivity index (χ4v) is 8.59. The summed E-state index contributed by atoms with van der Waals surface area (Å²) in [6.07, 6.45) is 6.09. The predicted octanol–water partition coefficient (Wildman–Crippen LogP) is 1.04. The number of hydrogen-bond donors (Lipinski definition) is 3. The van der Waals surface area contributed by atoms with Gasteiger partial charge in [0.1, 0.15) is 22.9 Å². The molecule has 17 nitrogen and oxygen atoms in total. The molecule has 0 radical (unpaired) electrons. The van der Waals surface area contributed by atoms with Gasteiger partial charge in [-0.05, 0) is 50.5 Å². The highest BCUT2D eigenvalue weighted by Crippen LogP contribution is 2.34. The third kappa shape index (κ3) is 9.27. The number of nitrogens with one attached hydrogen (secondary N) is 1. The van der Waals surface area contributed by atoms with E-state index in [-0.39, 0.29) is 79.9 Å². The minimum absolute atomic E-state index is 0.00313. The SMILES string of the molecule is COCCS(=O)(=O)c1ccc(C(=O)N=C(CC2CCCCC2)C(=O)N2C[C@@H](n3nncc3C(C)(C)O)C[C@H]2C(=O)NC2(C(=O)C(N)=O)CCOCC2)cc1. The van der Waals surface area contributed by atoms with Crippen molar-refractivity contribution in [3.8, 4) is 0 Å². The molecule has 5 rings (SSSR count). The number of hydrogen-bond acceptors (Lipinski definition) is 12. The molecule has 2 aromatic rings. The number of ketones is 1. The summed E-state index contributed by atoms with van der Waals surface area (Å²) in [5, 5.41) is 21.7. The van der Waals surface area contributed by atoms with Gasteiger partial charge in [-0.25, -0.2) is 18.1 Å². The zero-order valence-corrected chi connectivity index (χ0v) is 31.7. The van der Waals surface area contributed by atoms with Crippen molar-refractivity contribution in [3.05, 3.63) is 41.7 Å². The van der Waals surface area contributed by atoms with Gasteiger partial charge in [0, 0.05) is 51.7 Å². The number of nitrogens with zero attached hydrogens (tertiary/aromatic N) is 5. The van der Waals surface area contributed by atoms with Gasteiger partial charge in [-0.1, -0.05) is 37.3 Å². The number of sulfone groups is 1. The number of aliphatic hydroxyl groups is 1. The normalized spacial score (nSPS) is 21.1. The zero-order chi connectivity index (χ0) is 39.3. The standard InChI is InChI=1S/C36H49N7O10S/c1-35(2,49)29-21-38-41-43(29)25-20-28(33(47)40-36(30(44)31(37)45)13-15-53-16-14-36)42(22-25)34(48)27(19-23-7-5-4-6-8-23)39-32(46)24-9-11-26(12-10-24)54(50,51)18-17-52-3/h9-12,21,23,25,28,49H,4-8,13-20,22H2,1-3H3,(H2,37,45)(H,40,47)/t25-,28-/m0/s1. The van der Waals surface area contributed by atoms with Crippen molar-refractivity contribution < 1.29 is 47.0 Å². The molecule has 3 heterocycles. The average molecular weight is 772 g/mol. The molecule has 54 heavy (non-hydrogen) atoms. The minimum atomic E-state index is -3.66. The Hall–Kier alpha value is -4.39. The Balaban J connectivity index is 1.51. The van der Waals surface area contributed by atoms with Crippen molar-refractivity contribution >= 4 is 45.0 Å². The van der Waals surface area contributed by atoms with Crippen LogP contribution in [0.15, 0.2) is 40.4 Å². The second-order valence-electron chi connectivity index (χ2n) is 14.8. The Morgan fingerprint density at radius 2 is 1.76 bits per heavy atom. The Morgan fingerprint density at radius 3 is 2.37 bits per heavy atom. The van der Waals surface area contributed by atoms with Crippen LogP contribution < -0.4 is 11.1 Å². The van der Waals surface area contributed by atoms with Crippen LogP contribution in [0, 0.1) is 5.92 Å². The lowest BCUT2D eigenvalue weighted by molar-refractivity contribution is -0.146. The molecule has 2 saturated heterocycles. The maximum absolute atomic E-state index is 14.7. The van der Waals surface area contributed by atoms with Crippen molar-refractivity contribution in [1.82, 2.24) is 25.2 Å². The van der Waals surface area contributed by atoms with Gasteiger partial charge in [0.2, 0.25) is 11.7 Å². The summed E-state index contributed by atoms with van der Waals surface area (Å²) in [7, 11) is -2.26. The van der Waals surface area contributed by atoms with E-state index in [0.717, 1.165) is 32.1 Å². The van der Waals surface area contributed by atoms with E-state index in [0.29, 0.717) is 5.69 Å². The van der Waals surface area contributed by atoms with Crippen LogP contribution >= 0.6 is 0 Å². The van der Waals surface area contributed by atoms with E-state index in [2.05, 4.69) is 20.6 Å². The topological polar surface area (TPSA) is 243 Å². The van der Waals surface area contributed by atoms with E-state index in [1.54, 1.807) is 13.8 Å². The molecule has 4 N–H and O–H groups in total. The largest absolute Gasteiger partial charge is 0.384 e. The van der Waals surface area contributed by atoms with Gasteiger partial charge in [0.25, 0.3) is 17.7 Å². The van der Waals surface area contributed by atoms with Crippen LogP contribution in [0.2, 0.25) is 0 Å². The number of nitrogens with two attached hydrogens (primary N) is 1. The first kappa shape index (κ1) is 40.8. The highest BCUT2D eigenvalue weighted by atomic mass is 32.2. The van der Waals surface area contributed by atoms with Crippen LogP contribution in [0.25, 0.3) is 0 Å². The lowest BCUT2D eigenvalue weighted by Gasteiger charge is -2.37. The summed E-state index contributed by atoms with van der Waals surface area (Å²) in [5.41, 5.74) is 2.71. The molecule has 1 aliphatic carbocycles. The number of methoxy groups -OCH3 is 1. The molecular formula is C36H49N7O10S. The fourth-order valence-electron chi connectivity index (χ4n) is 7.41. The smallest absolute Gasteiger partial charge is 0.287 e. The van der Waals surface area contributed by atoms with E-state index < -0.39 is 62.5 Å². The molecule has 18 heteroatoms. The molecule has 1 saturated carbocycles. The molecule has 3 fully saturated rings.